The van der Waals surface area contributed by atoms with Gasteiger partial charge in [0, 0.05) is 23.9 Å². The number of allylic oxidation sites excluding steroid dienone is 2. The molecule has 0 aromatic heterocycles. The number of fused-ring (bicyclic) bond motifs is 3. The molecule has 2 aromatic rings. The molecule has 0 radical (unpaired) electrons. The number of rotatable bonds is 4. The molecule has 0 bridgehead atoms. The van der Waals surface area contributed by atoms with E-state index in [2.05, 4.69) is 0 Å². The maximum absolute atomic E-state index is 13.6. The third kappa shape index (κ3) is 3.11. The highest BCUT2D eigenvalue weighted by molar-refractivity contribution is 6.24. The number of amides is 2. The summed E-state index contributed by atoms with van der Waals surface area (Å²) >= 11 is 0. The van der Waals surface area contributed by atoms with Crippen molar-refractivity contribution in [2.75, 3.05) is 4.90 Å². The maximum Gasteiger partial charge on any atom is 0.270 e. The predicted molar refractivity (Wildman–Crippen MR) is 120 cm³/mol. The number of hydrogen-bond donors (Lipinski definition) is 0. The van der Waals surface area contributed by atoms with E-state index >= 15 is 0 Å². The normalized spacial score (nSPS) is 25.0. The summed E-state index contributed by atoms with van der Waals surface area (Å²) in [6, 6.07) is 12.6. The molecule has 0 saturated carbocycles. The minimum absolute atomic E-state index is 0.0797. The van der Waals surface area contributed by atoms with Crippen LogP contribution < -0.4 is 4.90 Å². The zero-order valence-corrected chi connectivity index (χ0v) is 18.0. The summed E-state index contributed by atoms with van der Waals surface area (Å²) in [6.07, 6.45) is 4.68. The molecular weight excluding hydrogens is 436 g/mol. The Morgan fingerprint density at radius 3 is 2.47 bits per heavy atom. The van der Waals surface area contributed by atoms with Crippen LogP contribution in [-0.4, -0.2) is 39.5 Å². The van der Waals surface area contributed by atoms with Crippen LogP contribution in [0.5, 0.6) is 0 Å². The number of carbonyl (C=O) groups excluding carboxylic acids is 3. The van der Waals surface area contributed by atoms with E-state index in [4.69, 9.17) is 0 Å². The molecule has 0 aliphatic carbocycles. The van der Waals surface area contributed by atoms with Gasteiger partial charge in [0.1, 0.15) is 6.04 Å². The number of aryl methyl sites for hydroxylation is 1. The Labute approximate surface area is 194 Å². The molecule has 9 nitrogen and oxygen atoms in total. The number of imide groups is 1. The van der Waals surface area contributed by atoms with E-state index in [1.165, 1.54) is 30.3 Å². The van der Waals surface area contributed by atoms with Gasteiger partial charge in [-0.25, -0.2) is 4.90 Å². The van der Waals surface area contributed by atoms with Gasteiger partial charge < -0.3 is 4.90 Å². The zero-order valence-electron chi connectivity index (χ0n) is 18.0. The number of ketones is 1. The lowest BCUT2D eigenvalue weighted by Gasteiger charge is -2.32. The Morgan fingerprint density at radius 1 is 1.09 bits per heavy atom. The average molecular weight is 454 g/mol. The van der Waals surface area contributed by atoms with E-state index in [-0.39, 0.29) is 11.3 Å². The Morgan fingerprint density at radius 2 is 1.79 bits per heavy atom. The van der Waals surface area contributed by atoms with Crippen LogP contribution in [0, 0.1) is 40.2 Å². The molecular formula is C25H18N4O5. The molecule has 3 aliphatic heterocycles. The Kier molecular flexibility index (Phi) is 4.87. The maximum atomic E-state index is 13.6. The molecule has 4 atom stereocenters. The molecule has 5 rings (SSSR count). The number of Topliss-reactive ketones (excluding diaryl/α,β-unsaturated/α-hetero) is 1. The highest BCUT2D eigenvalue weighted by Crippen LogP contribution is 2.47. The van der Waals surface area contributed by atoms with Gasteiger partial charge in [0.05, 0.1) is 40.1 Å². The number of non-ortho nitro benzene ring substituents is 1. The van der Waals surface area contributed by atoms with Crippen molar-refractivity contribution >= 4 is 29.0 Å². The van der Waals surface area contributed by atoms with E-state index in [1.807, 2.05) is 13.0 Å². The van der Waals surface area contributed by atoms with Crippen LogP contribution >= 0.6 is 0 Å². The summed E-state index contributed by atoms with van der Waals surface area (Å²) < 4.78 is 0. The SMILES string of the molecule is Cc1ccc(N2C(=O)[C@@H]3[C@H](C2=O)[C@H]2C=C(C#N)C=CN2[C@@H]3C(=O)c2cccc([N+](=O)[O-])c2)cc1. The van der Waals surface area contributed by atoms with Gasteiger partial charge in [0.25, 0.3) is 5.69 Å². The first-order valence-corrected chi connectivity index (χ1v) is 10.6. The highest BCUT2D eigenvalue weighted by Gasteiger charge is 2.63. The smallest absolute Gasteiger partial charge is 0.270 e. The lowest BCUT2D eigenvalue weighted by atomic mass is 9.86. The summed E-state index contributed by atoms with van der Waals surface area (Å²) in [4.78, 5) is 54.1. The lowest BCUT2D eigenvalue weighted by molar-refractivity contribution is -0.384. The zero-order chi connectivity index (χ0) is 24.1. The van der Waals surface area contributed by atoms with Crippen LogP contribution in [0.3, 0.4) is 0 Å². The molecule has 0 unspecified atom stereocenters. The summed E-state index contributed by atoms with van der Waals surface area (Å²) in [5.74, 6) is -3.30. The van der Waals surface area contributed by atoms with Crippen LogP contribution in [0.4, 0.5) is 11.4 Å². The van der Waals surface area contributed by atoms with Crippen LogP contribution in [0.15, 0.2) is 72.5 Å². The monoisotopic (exact) mass is 454 g/mol. The second kappa shape index (κ2) is 7.78. The van der Waals surface area contributed by atoms with Gasteiger partial charge in [-0.15, -0.1) is 0 Å². The number of nitro groups is 1. The molecule has 9 heteroatoms. The number of nitro benzene ring substituents is 1. The van der Waals surface area contributed by atoms with Gasteiger partial charge >= 0.3 is 0 Å². The molecule has 2 fully saturated rings. The molecule has 3 heterocycles. The molecule has 2 aromatic carbocycles. The molecule has 168 valence electrons. The topological polar surface area (TPSA) is 125 Å². The van der Waals surface area contributed by atoms with Gasteiger partial charge in [-0.05, 0) is 31.2 Å². The van der Waals surface area contributed by atoms with Crippen LogP contribution in [0.2, 0.25) is 0 Å². The average Bonchev–Trinajstić information content (AvgIpc) is 3.31. The number of nitriles is 1. The third-order valence-corrected chi connectivity index (χ3v) is 6.58. The summed E-state index contributed by atoms with van der Waals surface area (Å²) in [7, 11) is 0. The summed E-state index contributed by atoms with van der Waals surface area (Å²) in [5.41, 5.74) is 1.55. The van der Waals surface area contributed by atoms with Crippen LogP contribution in [0.1, 0.15) is 15.9 Å². The number of carbonyl (C=O) groups is 3. The number of benzene rings is 2. The van der Waals surface area contributed by atoms with Crippen molar-refractivity contribution in [1.29, 1.82) is 5.26 Å². The van der Waals surface area contributed by atoms with Gasteiger partial charge in [-0.2, -0.15) is 5.26 Å². The van der Waals surface area contributed by atoms with Crippen molar-refractivity contribution in [2.24, 2.45) is 11.8 Å². The van der Waals surface area contributed by atoms with Gasteiger partial charge in [-0.1, -0.05) is 29.8 Å². The number of nitrogens with zero attached hydrogens (tertiary/aromatic N) is 4. The minimum Gasteiger partial charge on any atom is -0.359 e. The van der Waals surface area contributed by atoms with Gasteiger partial charge in [0.15, 0.2) is 5.78 Å². The van der Waals surface area contributed by atoms with Crippen molar-refractivity contribution in [3.05, 3.63) is 93.7 Å². The van der Waals surface area contributed by atoms with E-state index in [9.17, 15) is 29.8 Å². The van der Waals surface area contributed by atoms with E-state index in [1.54, 1.807) is 41.4 Å². The Hall–Kier alpha value is -4.58. The summed E-state index contributed by atoms with van der Waals surface area (Å²) in [6.45, 7) is 1.89. The van der Waals surface area contributed by atoms with Crippen molar-refractivity contribution < 1.29 is 19.3 Å². The predicted octanol–water partition coefficient (Wildman–Crippen LogP) is 2.92. The fourth-order valence-electron chi connectivity index (χ4n) is 5.01. The van der Waals surface area contributed by atoms with E-state index in [0.717, 1.165) is 10.5 Å². The number of anilines is 1. The second-order valence-electron chi connectivity index (χ2n) is 8.50. The molecule has 34 heavy (non-hydrogen) atoms. The highest BCUT2D eigenvalue weighted by atomic mass is 16.6. The lowest BCUT2D eigenvalue weighted by Crippen LogP contribution is -2.46. The fourth-order valence-corrected chi connectivity index (χ4v) is 5.01. The first-order valence-electron chi connectivity index (χ1n) is 10.6. The third-order valence-electron chi connectivity index (χ3n) is 6.58. The largest absolute Gasteiger partial charge is 0.359 e. The van der Waals surface area contributed by atoms with Gasteiger partial charge in [0.2, 0.25) is 11.8 Å². The van der Waals surface area contributed by atoms with Crippen LogP contribution in [0.25, 0.3) is 0 Å². The van der Waals surface area contributed by atoms with Crippen molar-refractivity contribution in [1.82, 2.24) is 4.90 Å². The molecule has 2 amide bonds. The van der Waals surface area contributed by atoms with Crippen molar-refractivity contribution in [2.45, 2.75) is 19.0 Å². The first kappa shape index (κ1) is 21.3. The Balaban J connectivity index is 1.60. The van der Waals surface area contributed by atoms with Crippen molar-refractivity contribution in [3.8, 4) is 6.07 Å². The van der Waals surface area contributed by atoms with E-state index in [0.29, 0.717) is 11.3 Å². The molecule has 2 saturated heterocycles. The van der Waals surface area contributed by atoms with Crippen molar-refractivity contribution in [3.63, 3.8) is 0 Å². The standard InChI is InChI=1S/C25H18N4O5/c1-14-5-7-17(8-6-14)28-24(31)20-19-11-15(13-26)9-10-27(19)22(21(20)25(28)32)23(30)16-3-2-4-18(12-16)29(33)34/h2-12,19-22H,1H3/t19-,20-,21-,22+/m1/s1. The minimum atomic E-state index is -1.04. The quantitative estimate of drug-likeness (QED) is 0.301. The summed E-state index contributed by atoms with van der Waals surface area (Å²) in [5, 5.41) is 20.6. The van der Waals surface area contributed by atoms with Gasteiger partial charge in [-0.3, -0.25) is 24.5 Å². The number of hydrogen-bond acceptors (Lipinski definition) is 7. The van der Waals surface area contributed by atoms with Crippen LogP contribution in [-0.2, 0) is 9.59 Å². The first-order chi connectivity index (χ1) is 16.3. The Bertz CT molecular complexity index is 1350. The van der Waals surface area contributed by atoms with E-state index < -0.39 is 46.4 Å². The second-order valence-corrected chi connectivity index (χ2v) is 8.50. The fraction of sp³-hybridized carbons (Fsp3) is 0.200. The molecule has 0 spiro atoms. The molecule has 3 aliphatic rings. The molecule has 0 N–H and O–H groups in total.